The van der Waals surface area contributed by atoms with Crippen LogP contribution >= 0.6 is 0 Å². The fourth-order valence-corrected chi connectivity index (χ4v) is 2.55. The van der Waals surface area contributed by atoms with Crippen LogP contribution in [0.5, 0.6) is 5.75 Å². The lowest BCUT2D eigenvalue weighted by molar-refractivity contribution is 0.0720. The summed E-state index contributed by atoms with van der Waals surface area (Å²) in [5.74, 6) is 0.468. The summed E-state index contributed by atoms with van der Waals surface area (Å²) in [6, 6.07) is 7.33. The lowest BCUT2D eigenvalue weighted by atomic mass is 10.1. The van der Waals surface area contributed by atoms with Gasteiger partial charge in [-0.1, -0.05) is 24.8 Å². The van der Waals surface area contributed by atoms with Gasteiger partial charge >= 0.3 is 0 Å². The molecule has 0 bridgehead atoms. The average molecular weight is 275 g/mol. The van der Waals surface area contributed by atoms with Crippen LogP contribution < -0.4 is 10.1 Å². The van der Waals surface area contributed by atoms with Gasteiger partial charge in [-0.25, -0.2) is 0 Å². The Labute approximate surface area is 119 Å². The Morgan fingerprint density at radius 2 is 2.25 bits per heavy atom. The van der Waals surface area contributed by atoms with Crippen LogP contribution in [0.2, 0.25) is 0 Å². The molecule has 2 atom stereocenters. The smallest absolute Gasteiger partial charge is 0.255 e. The fraction of sp³-hybridized carbons (Fsp3) is 0.438. The van der Waals surface area contributed by atoms with Gasteiger partial charge in [-0.2, -0.15) is 0 Å². The molecule has 1 amide bonds. The molecule has 0 spiro atoms. The summed E-state index contributed by atoms with van der Waals surface area (Å²) < 4.78 is 10.9. The van der Waals surface area contributed by atoms with Crippen molar-refractivity contribution in [2.45, 2.75) is 31.4 Å². The maximum atomic E-state index is 12.4. The van der Waals surface area contributed by atoms with Gasteiger partial charge in [0.2, 0.25) is 0 Å². The van der Waals surface area contributed by atoms with Gasteiger partial charge in [-0.15, -0.1) is 0 Å². The highest BCUT2D eigenvalue weighted by Gasteiger charge is 2.29. The van der Waals surface area contributed by atoms with E-state index in [4.69, 9.17) is 9.47 Å². The minimum atomic E-state index is -0.112. The zero-order chi connectivity index (χ0) is 14.4. The molecule has 1 fully saturated rings. The Morgan fingerprint density at radius 1 is 1.45 bits per heavy atom. The molecule has 20 heavy (non-hydrogen) atoms. The molecular weight excluding hydrogens is 254 g/mol. The Balaban J connectivity index is 2.06. The molecule has 0 unspecified atom stereocenters. The van der Waals surface area contributed by atoms with E-state index in [1.807, 2.05) is 12.1 Å². The molecule has 0 radical (unpaired) electrons. The first-order chi connectivity index (χ1) is 9.76. The van der Waals surface area contributed by atoms with Crippen LogP contribution in [0, 0.1) is 0 Å². The maximum Gasteiger partial charge on any atom is 0.255 e. The van der Waals surface area contributed by atoms with Gasteiger partial charge < -0.3 is 14.8 Å². The number of amides is 1. The molecule has 108 valence electrons. The molecule has 0 aliphatic heterocycles. The highest BCUT2D eigenvalue weighted by atomic mass is 16.5. The summed E-state index contributed by atoms with van der Waals surface area (Å²) >= 11 is 0. The van der Waals surface area contributed by atoms with E-state index < -0.39 is 0 Å². The standard InChI is InChI=1S/C16H21NO3/c1-3-11-20-14-9-5-4-7-12(14)16(18)17-13-8-6-10-15(13)19-2/h3-5,7,9,13,15H,1,6,8,10-11H2,2H3,(H,17,18)/t13-,15+/m1/s1. The largest absolute Gasteiger partial charge is 0.489 e. The third-order valence-electron chi connectivity index (χ3n) is 3.56. The Bertz CT molecular complexity index is 473. The zero-order valence-electron chi connectivity index (χ0n) is 11.8. The number of rotatable bonds is 6. The van der Waals surface area contributed by atoms with Crippen molar-refractivity contribution in [3.63, 3.8) is 0 Å². The molecule has 4 nitrogen and oxygen atoms in total. The van der Waals surface area contributed by atoms with Crippen LogP contribution in [-0.2, 0) is 4.74 Å². The van der Waals surface area contributed by atoms with E-state index in [9.17, 15) is 4.79 Å². The number of hydrogen-bond donors (Lipinski definition) is 1. The second kappa shape index (κ2) is 7.10. The highest BCUT2D eigenvalue weighted by Crippen LogP contribution is 2.23. The number of ether oxygens (including phenoxy) is 2. The monoisotopic (exact) mass is 275 g/mol. The SMILES string of the molecule is C=CCOc1ccccc1C(=O)N[C@@H]1CCC[C@@H]1OC. The van der Waals surface area contributed by atoms with Crippen molar-refractivity contribution in [3.05, 3.63) is 42.5 Å². The molecule has 1 saturated carbocycles. The minimum absolute atomic E-state index is 0.0833. The zero-order valence-corrected chi connectivity index (χ0v) is 11.8. The Morgan fingerprint density at radius 3 is 3.00 bits per heavy atom. The van der Waals surface area contributed by atoms with Gasteiger partial charge in [0.15, 0.2) is 0 Å². The molecule has 0 saturated heterocycles. The first kappa shape index (κ1) is 14.6. The number of hydrogen-bond acceptors (Lipinski definition) is 3. The van der Waals surface area contributed by atoms with E-state index in [-0.39, 0.29) is 18.1 Å². The lowest BCUT2D eigenvalue weighted by Gasteiger charge is -2.20. The van der Waals surface area contributed by atoms with Gasteiger partial charge in [0.1, 0.15) is 12.4 Å². The number of benzene rings is 1. The molecule has 1 N–H and O–H groups in total. The molecule has 1 aliphatic rings. The first-order valence-corrected chi connectivity index (χ1v) is 6.92. The van der Waals surface area contributed by atoms with Crippen molar-refractivity contribution in [1.29, 1.82) is 0 Å². The Kier molecular flexibility index (Phi) is 5.18. The van der Waals surface area contributed by atoms with Gasteiger partial charge in [-0.3, -0.25) is 4.79 Å². The van der Waals surface area contributed by atoms with Crippen molar-refractivity contribution in [1.82, 2.24) is 5.32 Å². The van der Waals surface area contributed by atoms with Gasteiger partial charge in [0.25, 0.3) is 5.91 Å². The number of carbonyl (C=O) groups excluding carboxylic acids is 1. The molecule has 1 aromatic carbocycles. The van der Waals surface area contributed by atoms with Gasteiger partial charge in [-0.05, 0) is 31.4 Å². The summed E-state index contributed by atoms with van der Waals surface area (Å²) in [6.07, 6.45) is 4.81. The van der Waals surface area contributed by atoms with Crippen molar-refractivity contribution in [2.24, 2.45) is 0 Å². The minimum Gasteiger partial charge on any atom is -0.489 e. The van der Waals surface area contributed by atoms with Crippen LogP contribution in [0.4, 0.5) is 0 Å². The van der Waals surface area contributed by atoms with Crippen molar-refractivity contribution in [2.75, 3.05) is 13.7 Å². The third-order valence-corrected chi connectivity index (χ3v) is 3.56. The number of para-hydroxylation sites is 1. The Hall–Kier alpha value is -1.81. The molecule has 0 heterocycles. The summed E-state index contributed by atoms with van der Waals surface area (Å²) in [5.41, 5.74) is 0.552. The summed E-state index contributed by atoms with van der Waals surface area (Å²) in [4.78, 5) is 12.4. The van der Waals surface area contributed by atoms with E-state index in [0.717, 1.165) is 19.3 Å². The predicted octanol–water partition coefficient (Wildman–Crippen LogP) is 2.55. The quantitative estimate of drug-likeness (QED) is 0.812. The molecule has 1 aliphatic carbocycles. The lowest BCUT2D eigenvalue weighted by Crippen LogP contribution is -2.40. The van der Waals surface area contributed by atoms with E-state index in [1.165, 1.54) is 0 Å². The van der Waals surface area contributed by atoms with Crippen LogP contribution in [0.3, 0.4) is 0 Å². The summed E-state index contributed by atoms with van der Waals surface area (Å²) in [7, 11) is 1.69. The van der Waals surface area contributed by atoms with Crippen molar-refractivity contribution < 1.29 is 14.3 Å². The van der Waals surface area contributed by atoms with E-state index in [1.54, 1.807) is 25.3 Å². The number of methoxy groups -OCH3 is 1. The molecular formula is C16H21NO3. The topological polar surface area (TPSA) is 47.6 Å². The second-order valence-electron chi connectivity index (χ2n) is 4.88. The fourth-order valence-electron chi connectivity index (χ4n) is 2.55. The molecule has 4 heteroatoms. The van der Waals surface area contributed by atoms with E-state index >= 15 is 0 Å². The highest BCUT2D eigenvalue weighted by molar-refractivity contribution is 5.97. The van der Waals surface area contributed by atoms with Gasteiger partial charge in [0, 0.05) is 7.11 Å². The maximum absolute atomic E-state index is 12.4. The van der Waals surface area contributed by atoms with Crippen LogP contribution in [0.25, 0.3) is 0 Å². The summed E-state index contributed by atoms with van der Waals surface area (Å²) in [6.45, 7) is 4.00. The number of nitrogens with one attached hydrogen (secondary N) is 1. The molecule has 0 aromatic heterocycles. The predicted molar refractivity (Wildman–Crippen MR) is 78.0 cm³/mol. The molecule has 2 rings (SSSR count). The van der Waals surface area contributed by atoms with Crippen LogP contribution in [-0.4, -0.2) is 31.8 Å². The van der Waals surface area contributed by atoms with E-state index in [2.05, 4.69) is 11.9 Å². The average Bonchev–Trinajstić information content (AvgIpc) is 2.92. The van der Waals surface area contributed by atoms with Gasteiger partial charge in [0.05, 0.1) is 17.7 Å². The first-order valence-electron chi connectivity index (χ1n) is 6.92. The van der Waals surface area contributed by atoms with Crippen molar-refractivity contribution >= 4 is 5.91 Å². The third kappa shape index (κ3) is 3.39. The second-order valence-corrected chi connectivity index (χ2v) is 4.88. The summed E-state index contributed by atoms with van der Waals surface area (Å²) in [5, 5.41) is 3.04. The number of carbonyl (C=O) groups is 1. The van der Waals surface area contributed by atoms with Crippen LogP contribution in [0.15, 0.2) is 36.9 Å². The normalized spacial score (nSPS) is 21.4. The van der Waals surface area contributed by atoms with Crippen LogP contribution in [0.1, 0.15) is 29.6 Å². The molecule has 1 aromatic rings. The van der Waals surface area contributed by atoms with Crippen molar-refractivity contribution in [3.8, 4) is 5.75 Å². The van der Waals surface area contributed by atoms with E-state index in [0.29, 0.717) is 17.9 Å².